The minimum absolute atomic E-state index is 0.131. The van der Waals surface area contributed by atoms with Crippen LogP contribution in [0.3, 0.4) is 0 Å². The summed E-state index contributed by atoms with van der Waals surface area (Å²) in [5.74, 6) is 1.58. The first-order chi connectivity index (χ1) is 12.9. The molecule has 1 aliphatic rings. The summed E-state index contributed by atoms with van der Waals surface area (Å²) in [4.78, 5) is 11.0. The standard InChI is InChI=1S/C18H25N5O3S/c1-23(12-14-5-3-2-4-6-14)18-20-10-9-17(22-18)21-16-8-7-15(11-16)13-26-27(19,24)25/h2-6,9-10,15-16H,7-8,11-13H2,1H3,(H2,19,24,25)(H,20,21,22)/t15-,16+/m1/s1. The van der Waals surface area contributed by atoms with Gasteiger partial charge in [-0.15, -0.1) is 0 Å². The van der Waals surface area contributed by atoms with Crippen molar-refractivity contribution in [1.29, 1.82) is 0 Å². The number of hydrogen-bond donors (Lipinski definition) is 2. The Morgan fingerprint density at radius 2 is 2.04 bits per heavy atom. The lowest BCUT2D eigenvalue weighted by molar-refractivity contribution is 0.256. The number of nitrogens with two attached hydrogens (primary N) is 1. The smallest absolute Gasteiger partial charge is 0.333 e. The van der Waals surface area contributed by atoms with Gasteiger partial charge in [-0.05, 0) is 36.8 Å². The summed E-state index contributed by atoms with van der Waals surface area (Å²) in [6, 6.07) is 12.2. The molecule has 0 spiro atoms. The Balaban J connectivity index is 1.55. The Morgan fingerprint density at radius 3 is 2.78 bits per heavy atom. The summed E-state index contributed by atoms with van der Waals surface area (Å²) in [6.07, 6.45) is 4.37. The van der Waals surface area contributed by atoms with Crippen molar-refractivity contribution < 1.29 is 12.6 Å². The number of nitrogens with zero attached hydrogens (tertiary/aromatic N) is 3. The van der Waals surface area contributed by atoms with Gasteiger partial charge in [0.15, 0.2) is 0 Å². The van der Waals surface area contributed by atoms with Crippen LogP contribution in [0.1, 0.15) is 24.8 Å². The van der Waals surface area contributed by atoms with E-state index in [9.17, 15) is 8.42 Å². The van der Waals surface area contributed by atoms with Gasteiger partial charge in [0.2, 0.25) is 5.95 Å². The molecule has 0 bridgehead atoms. The van der Waals surface area contributed by atoms with Gasteiger partial charge in [0.1, 0.15) is 5.82 Å². The number of hydrogen-bond acceptors (Lipinski definition) is 7. The molecular weight excluding hydrogens is 366 g/mol. The van der Waals surface area contributed by atoms with E-state index in [4.69, 9.17) is 9.32 Å². The number of aromatic nitrogens is 2. The molecule has 9 heteroatoms. The fraction of sp³-hybridized carbons (Fsp3) is 0.444. The molecule has 3 rings (SSSR count). The van der Waals surface area contributed by atoms with Crippen LogP contribution in [-0.4, -0.2) is 38.1 Å². The highest BCUT2D eigenvalue weighted by Crippen LogP contribution is 2.28. The second-order valence-electron chi connectivity index (χ2n) is 6.88. The van der Waals surface area contributed by atoms with Gasteiger partial charge in [-0.25, -0.2) is 10.1 Å². The van der Waals surface area contributed by atoms with Crippen molar-refractivity contribution in [3.05, 3.63) is 48.2 Å². The second-order valence-corrected chi connectivity index (χ2v) is 8.10. The van der Waals surface area contributed by atoms with Crippen LogP contribution >= 0.6 is 0 Å². The van der Waals surface area contributed by atoms with E-state index in [1.807, 2.05) is 36.2 Å². The van der Waals surface area contributed by atoms with E-state index in [0.717, 1.165) is 31.6 Å². The summed E-state index contributed by atoms with van der Waals surface area (Å²) in [7, 11) is -1.91. The van der Waals surface area contributed by atoms with Crippen molar-refractivity contribution >= 4 is 22.1 Å². The van der Waals surface area contributed by atoms with Gasteiger partial charge in [-0.1, -0.05) is 30.3 Å². The molecular formula is C18H25N5O3S. The molecule has 1 aromatic carbocycles. The average Bonchev–Trinajstić information content (AvgIpc) is 3.08. The molecule has 0 unspecified atom stereocenters. The van der Waals surface area contributed by atoms with Crippen LogP contribution in [0.4, 0.5) is 11.8 Å². The van der Waals surface area contributed by atoms with Crippen LogP contribution in [0, 0.1) is 5.92 Å². The van der Waals surface area contributed by atoms with E-state index in [2.05, 4.69) is 27.4 Å². The maximum atomic E-state index is 10.9. The van der Waals surface area contributed by atoms with E-state index in [1.54, 1.807) is 6.20 Å². The lowest BCUT2D eigenvalue weighted by atomic mass is 10.1. The van der Waals surface area contributed by atoms with Gasteiger partial charge in [0, 0.05) is 25.8 Å². The first-order valence-electron chi connectivity index (χ1n) is 8.91. The zero-order chi connectivity index (χ0) is 19.3. The molecule has 2 atom stereocenters. The lowest BCUT2D eigenvalue weighted by Crippen LogP contribution is -2.22. The van der Waals surface area contributed by atoms with Crippen LogP contribution in [0.15, 0.2) is 42.6 Å². The number of anilines is 2. The minimum atomic E-state index is -3.88. The highest BCUT2D eigenvalue weighted by molar-refractivity contribution is 7.84. The summed E-state index contributed by atoms with van der Waals surface area (Å²) in [5, 5.41) is 8.30. The molecule has 1 heterocycles. The summed E-state index contributed by atoms with van der Waals surface area (Å²) in [5.41, 5.74) is 1.19. The highest BCUT2D eigenvalue weighted by atomic mass is 32.2. The molecule has 1 fully saturated rings. The highest BCUT2D eigenvalue weighted by Gasteiger charge is 2.26. The van der Waals surface area contributed by atoms with Gasteiger partial charge >= 0.3 is 10.3 Å². The molecule has 1 saturated carbocycles. The quantitative estimate of drug-likeness (QED) is 0.707. The molecule has 0 saturated heterocycles. The van der Waals surface area contributed by atoms with Crippen LogP contribution in [0.2, 0.25) is 0 Å². The topological polar surface area (TPSA) is 110 Å². The van der Waals surface area contributed by atoms with E-state index in [1.165, 1.54) is 5.56 Å². The third kappa shape index (κ3) is 6.16. The molecule has 1 aromatic heterocycles. The van der Waals surface area contributed by atoms with Crippen molar-refractivity contribution in [3.63, 3.8) is 0 Å². The predicted octanol–water partition coefficient (Wildman–Crippen LogP) is 1.91. The number of rotatable bonds is 8. The average molecular weight is 391 g/mol. The summed E-state index contributed by atoms with van der Waals surface area (Å²) < 4.78 is 26.5. The molecule has 0 amide bonds. The van der Waals surface area contributed by atoms with E-state index in [-0.39, 0.29) is 18.6 Å². The normalized spacial score (nSPS) is 19.8. The monoisotopic (exact) mass is 391 g/mol. The molecule has 0 aliphatic heterocycles. The Bertz CT molecular complexity index is 847. The molecule has 146 valence electrons. The molecule has 0 radical (unpaired) electrons. The zero-order valence-corrected chi connectivity index (χ0v) is 16.1. The van der Waals surface area contributed by atoms with Gasteiger partial charge in [-0.2, -0.15) is 13.4 Å². The van der Waals surface area contributed by atoms with Gasteiger partial charge in [-0.3, -0.25) is 4.18 Å². The van der Waals surface area contributed by atoms with Crippen molar-refractivity contribution in [3.8, 4) is 0 Å². The molecule has 1 aliphatic carbocycles. The number of benzene rings is 1. The van der Waals surface area contributed by atoms with Crippen molar-refractivity contribution in [1.82, 2.24) is 9.97 Å². The lowest BCUT2D eigenvalue weighted by Gasteiger charge is -2.19. The second kappa shape index (κ2) is 8.64. The van der Waals surface area contributed by atoms with E-state index < -0.39 is 10.3 Å². The zero-order valence-electron chi connectivity index (χ0n) is 15.3. The molecule has 3 N–H and O–H groups in total. The SMILES string of the molecule is CN(Cc1ccccc1)c1nccc(N[C@H]2CC[C@@H](COS(N)(=O)=O)C2)n1. The minimum Gasteiger partial charge on any atom is -0.367 e. The Morgan fingerprint density at radius 1 is 1.26 bits per heavy atom. The van der Waals surface area contributed by atoms with Crippen LogP contribution in [0.5, 0.6) is 0 Å². The van der Waals surface area contributed by atoms with Crippen molar-refractivity contribution in [2.45, 2.75) is 31.8 Å². The van der Waals surface area contributed by atoms with E-state index in [0.29, 0.717) is 5.95 Å². The summed E-state index contributed by atoms with van der Waals surface area (Å²) in [6.45, 7) is 0.854. The Hall–Kier alpha value is -2.23. The van der Waals surface area contributed by atoms with Crippen LogP contribution < -0.4 is 15.4 Å². The largest absolute Gasteiger partial charge is 0.367 e. The maximum Gasteiger partial charge on any atom is 0.333 e. The molecule has 8 nitrogen and oxygen atoms in total. The summed E-state index contributed by atoms with van der Waals surface area (Å²) >= 11 is 0. The van der Waals surface area contributed by atoms with Crippen LogP contribution in [0.25, 0.3) is 0 Å². The first-order valence-corrected chi connectivity index (χ1v) is 10.4. The van der Waals surface area contributed by atoms with E-state index >= 15 is 0 Å². The third-order valence-corrected chi connectivity index (χ3v) is 5.07. The van der Waals surface area contributed by atoms with Crippen LogP contribution in [-0.2, 0) is 21.0 Å². The van der Waals surface area contributed by atoms with Gasteiger partial charge in [0.25, 0.3) is 0 Å². The van der Waals surface area contributed by atoms with Gasteiger partial charge in [0.05, 0.1) is 6.61 Å². The number of nitrogens with one attached hydrogen (secondary N) is 1. The predicted molar refractivity (Wildman–Crippen MR) is 104 cm³/mol. The van der Waals surface area contributed by atoms with Crippen molar-refractivity contribution in [2.24, 2.45) is 11.1 Å². The fourth-order valence-corrected chi connectivity index (χ4v) is 3.68. The van der Waals surface area contributed by atoms with Crippen molar-refractivity contribution in [2.75, 3.05) is 23.9 Å². The molecule has 27 heavy (non-hydrogen) atoms. The van der Waals surface area contributed by atoms with Gasteiger partial charge < -0.3 is 10.2 Å². The third-order valence-electron chi connectivity index (χ3n) is 4.61. The maximum absolute atomic E-state index is 10.9. The Kier molecular flexibility index (Phi) is 6.25. The fourth-order valence-electron chi connectivity index (χ4n) is 3.30. The Labute approximate surface area is 160 Å². The first kappa shape index (κ1) is 19.5. The molecule has 2 aromatic rings.